The minimum Gasteiger partial charge on any atom is -0.206 e. The molecule has 3 aromatic rings. The van der Waals surface area contributed by atoms with Crippen LogP contribution in [0.2, 0.25) is 0 Å². The van der Waals surface area contributed by atoms with E-state index in [1.165, 1.54) is 11.1 Å². The third-order valence-corrected chi connectivity index (χ3v) is 7.06. The van der Waals surface area contributed by atoms with E-state index in [1.807, 2.05) is 0 Å². The standard InChI is InChI=1S/C29H28F6/c1-2-3-18-4-6-20(7-5-18)21-8-11-23(12-9-21)29(34,35)17-19-14-26(32)28(27(33)15-19)22-10-13-24(30)25(31)16-22/h4-7,10,13-16,21,23H,2-3,8-9,11-12,17H2,1H3. The first-order chi connectivity index (χ1) is 16.7. The van der Waals surface area contributed by atoms with Gasteiger partial charge < -0.3 is 0 Å². The van der Waals surface area contributed by atoms with Crippen LogP contribution in [0.4, 0.5) is 26.3 Å². The van der Waals surface area contributed by atoms with E-state index in [1.54, 1.807) is 0 Å². The van der Waals surface area contributed by atoms with Gasteiger partial charge in [-0.25, -0.2) is 26.3 Å². The van der Waals surface area contributed by atoms with Crippen molar-refractivity contribution >= 4 is 0 Å². The summed E-state index contributed by atoms with van der Waals surface area (Å²) in [5.41, 5.74) is 1.51. The number of rotatable bonds is 7. The van der Waals surface area contributed by atoms with Crippen LogP contribution >= 0.6 is 0 Å². The molecule has 0 saturated heterocycles. The molecule has 0 radical (unpaired) electrons. The van der Waals surface area contributed by atoms with E-state index in [2.05, 4.69) is 31.2 Å². The van der Waals surface area contributed by atoms with Gasteiger partial charge in [-0.2, -0.15) is 0 Å². The maximum atomic E-state index is 15.1. The maximum Gasteiger partial charge on any atom is 0.254 e. The SMILES string of the molecule is CCCc1ccc(C2CCC(C(F)(F)Cc3cc(F)c(-c4ccc(F)c(F)c4)c(F)c3)CC2)cc1. The van der Waals surface area contributed by atoms with Gasteiger partial charge in [0.25, 0.3) is 5.92 Å². The van der Waals surface area contributed by atoms with Crippen molar-refractivity contribution in [1.82, 2.24) is 0 Å². The molecular formula is C29H28F6. The van der Waals surface area contributed by atoms with Crippen molar-refractivity contribution in [1.29, 1.82) is 0 Å². The molecule has 0 N–H and O–H groups in total. The zero-order valence-corrected chi connectivity index (χ0v) is 19.6. The Morgan fingerprint density at radius 1 is 0.714 bits per heavy atom. The highest BCUT2D eigenvalue weighted by Gasteiger charge is 2.41. The number of benzene rings is 3. The summed E-state index contributed by atoms with van der Waals surface area (Å²) >= 11 is 0. The topological polar surface area (TPSA) is 0 Å². The van der Waals surface area contributed by atoms with Crippen molar-refractivity contribution in [2.24, 2.45) is 5.92 Å². The van der Waals surface area contributed by atoms with E-state index in [4.69, 9.17) is 0 Å². The fourth-order valence-electron chi connectivity index (χ4n) is 5.17. The summed E-state index contributed by atoms with van der Waals surface area (Å²) in [4.78, 5) is 0. The zero-order chi connectivity index (χ0) is 25.2. The Morgan fingerprint density at radius 3 is 1.91 bits per heavy atom. The lowest BCUT2D eigenvalue weighted by molar-refractivity contribution is -0.0715. The molecule has 1 fully saturated rings. The lowest BCUT2D eigenvalue weighted by Gasteiger charge is -2.34. The maximum absolute atomic E-state index is 15.1. The summed E-state index contributed by atoms with van der Waals surface area (Å²) in [6.07, 6.45) is 3.28. The van der Waals surface area contributed by atoms with E-state index in [0.717, 1.165) is 37.1 Å². The summed E-state index contributed by atoms with van der Waals surface area (Å²) in [5, 5.41) is 0. The first kappa shape index (κ1) is 25.3. The summed E-state index contributed by atoms with van der Waals surface area (Å²) < 4.78 is 86.2. The Balaban J connectivity index is 1.43. The smallest absolute Gasteiger partial charge is 0.206 e. The molecule has 1 aliphatic rings. The van der Waals surface area contributed by atoms with Crippen LogP contribution in [0.15, 0.2) is 54.6 Å². The van der Waals surface area contributed by atoms with Crippen LogP contribution in [0.1, 0.15) is 61.6 Å². The molecule has 0 amide bonds. The molecule has 0 unspecified atom stereocenters. The van der Waals surface area contributed by atoms with Crippen molar-refractivity contribution < 1.29 is 26.3 Å². The van der Waals surface area contributed by atoms with Crippen molar-refractivity contribution in [2.75, 3.05) is 0 Å². The van der Waals surface area contributed by atoms with Crippen molar-refractivity contribution in [3.63, 3.8) is 0 Å². The average Bonchev–Trinajstić information content (AvgIpc) is 2.81. The Labute approximate surface area is 202 Å². The third kappa shape index (κ3) is 5.74. The van der Waals surface area contributed by atoms with Crippen LogP contribution in [-0.2, 0) is 12.8 Å². The molecule has 0 nitrogen and oxygen atoms in total. The molecule has 1 saturated carbocycles. The van der Waals surface area contributed by atoms with Gasteiger partial charge in [0, 0.05) is 12.3 Å². The molecule has 4 rings (SSSR count). The van der Waals surface area contributed by atoms with Crippen LogP contribution in [0.25, 0.3) is 11.1 Å². The van der Waals surface area contributed by atoms with Gasteiger partial charge in [0.1, 0.15) is 11.6 Å². The number of hydrogen-bond acceptors (Lipinski definition) is 0. The van der Waals surface area contributed by atoms with Crippen LogP contribution in [0.5, 0.6) is 0 Å². The first-order valence-corrected chi connectivity index (χ1v) is 12.1. The van der Waals surface area contributed by atoms with Gasteiger partial charge in [0.2, 0.25) is 0 Å². The fraction of sp³-hybridized carbons (Fsp3) is 0.379. The van der Waals surface area contributed by atoms with Gasteiger partial charge in [-0.05, 0) is 84.5 Å². The largest absolute Gasteiger partial charge is 0.254 e. The molecule has 6 heteroatoms. The number of aryl methyl sites for hydroxylation is 1. The second-order valence-electron chi connectivity index (χ2n) is 9.54. The van der Waals surface area contributed by atoms with E-state index in [0.29, 0.717) is 31.7 Å². The average molecular weight is 491 g/mol. The van der Waals surface area contributed by atoms with E-state index in [9.17, 15) is 17.6 Å². The predicted octanol–water partition coefficient (Wildman–Crippen LogP) is 9.01. The Morgan fingerprint density at radius 2 is 1.34 bits per heavy atom. The molecule has 0 atom stereocenters. The highest BCUT2D eigenvalue weighted by Crippen LogP contribution is 2.44. The minimum absolute atomic E-state index is 0.162. The normalized spacial score (nSPS) is 18.6. The highest BCUT2D eigenvalue weighted by molar-refractivity contribution is 5.65. The van der Waals surface area contributed by atoms with Gasteiger partial charge in [-0.3, -0.25) is 0 Å². The van der Waals surface area contributed by atoms with Gasteiger partial charge >= 0.3 is 0 Å². The monoisotopic (exact) mass is 490 g/mol. The Kier molecular flexibility index (Phi) is 7.58. The molecular weight excluding hydrogens is 462 g/mol. The molecule has 35 heavy (non-hydrogen) atoms. The summed E-state index contributed by atoms with van der Waals surface area (Å²) in [6.45, 7) is 2.12. The lowest BCUT2D eigenvalue weighted by Crippen LogP contribution is -2.33. The third-order valence-electron chi connectivity index (χ3n) is 7.06. The van der Waals surface area contributed by atoms with Crippen LogP contribution in [0.3, 0.4) is 0 Å². The molecule has 0 bridgehead atoms. The summed E-state index contributed by atoms with van der Waals surface area (Å²) in [7, 11) is 0. The second kappa shape index (κ2) is 10.5. The number of hydrogen-bond donors (Lipinski definition) is 0. The minimum atomic E-state index is -3.11. The first-order valence-electron chi connectivity index (χ1n) is 12.1. The van der Waals surface area contributed by atoms with E-state index < -0.39 is 47.1 Å². The zero-order valence-electron chi connectivity index (χ0n) is 19.6. The predicted molar refractivity (Wildman–Crippen MR) is 125 cm³/mol. The second-order valence-corrected chi connectivity index (χ2v) is 9.54. The van der Waals surface area contributed by atoms with E-state index >= 15 is 8.78 Å². The molecule has 0 aromatic heterocycles. The number of alkyl halides is 2. The lowest BCUT2D eigenvalue weighted by atomic mass is 9.75. The van der Waals surface area contributed by atoms with Gasteiger partial charge in [0.05, 0.1) is 5.56 Å². The van der Waals surface area contributed by atoms with E-state index in [-0.39, 0.29) is 17.0 Å². The van der Waals surface area contributed by atoms with Gasteiger partial charge in [-0.1, -0.05) is 43.7 Å². The van der Waals surface area contributed by atoms with Crippen LogP contribution in [-0.4, -0.2) is 5.92 Å². The molecule has 0 aliphatic heterocycles. The highest BCUT2D eigenvalue weighted by atomic mass is 19.3. The van der Waals surface area contributed by atoms with Crippen LogP contribution < -0.4 is 0 Å². The van der Waals surface area contributed by atoms with Crippen molar-refractivity contribution in [3.8, 4) is 11.1 Å². The van der Waals surface area contributed by atoms with Crippen molar-refractivity contribution in [3.05, 3.63) is 94.6 Å². The molecule has 186 valence electrons. The van der Waals surface area contributed by atoms with Gasteiger partial charge in [-0.15, -0.1) is 0 Å². The summed E-state index contributed by atoms with van der Waals surface area (Å²) in [6, 6.07) is 12.6. The molecule has 0 spiro atoms. The summed E-state index contributed by atoms with van der Waals surface area (Å²) in [5.74, 6) is -8.30. The Hall–Kier alpha value is -2.76. The molecule has 3 aromatic carbocycles. The van der Waals surface area contributed by atoms with Gasteiger partial charge in [0.15, 0.2) is 11.6 Å². The molecule has 0 heterocycles. The van der Waals surface area contributed by atoms with Crippen LogP contribution in [0, 0.1) is 29.2 Å². The Bertz CT molecular complexity index is 1140. The molecule has 1 aliphatic carbocycles. The fourth-order valence-corrected chi connectivity index (χ4v) is 5.17. The quantitative estimate of drug-likeness (QED) is 0.290. The number of halogens is 6. The van der Waals surface area contributed by atoms with Crippen molar-refractivity contribution in [2.45, 2.75) is 63.7 Å².